The number of piperidine rings is 1. The molecule has 10 rings (SSSR count). The monoisotopic (exact) mass is 806 g/mol. The smallest absolute Gasteiger partial charge is 0.410 e. The molecule has 13 heteroatoms. The van der Waals surface area contributed by atoms with Crippen molar-refractivity contribution in [2.24, 2.45) is 0 Å². The number of aryl methyl sites for hydroxylation is 2. The summed E-state index contributed by atoms with van der Waals surface area (Å²) in [5, 5.41) is 2.37. The molecule has 2 aromatic heterocycles. The van der Waals surface area contributed by atoms with Gasteiger partial charge in [0.15, 0.2) is 5.82 Å². The summed E-state index contributed by atoms with van der Waals surface area (Å²) in [5.74, 6) is -0.473. The van der Waals surface area contributed by atoms with Gasteiger partial charge >= 0.3 is 18.1 Å². The number of nitrogens with zero attached hydrogens (tertiary/aromatic N) is 6. The van der Waals surface area contributed by atoms with Crippen molar-refractivity contribution in [1.82, 2.24) is 24.8 Å². The summed E-state index contributed by atoms with van der Waals surface area (Å²) in [6.07, 6.45) is 8.14. The number of aromatic nitrogens is 3. The molecule has 3 saturated heterocycles. The van der Waals surface area contributed by atoms with Crippen LogP contribution in [0, 0.1) is 19.7 Å². The Labute approximate surface area is 342 Å². The molecule has 1 atom stereocenters. The Morgan fingerprint density at radius 1 is 1.02 bits per heavy atom. The molecule has 5 aliphatic heterocycles. The molecule has 7 heterocycles. The Hall–Kier alpha value is -5.07. The standard InChI is InChI=1S/C45H48ClFN6O5/c1-27-13-14-34(46)28(2)35(27)41(54)58-31-22-30-11-5-10-29-12-6-21-56-43(55)51(4)44(3)15-7-18-52(25-44)40-33-24-48-38(32(23-31)36(29)30)37(47)39(33)49-42(50-40)57-26-45-16-8-19-53(45)20-9-17-45/h5,10-11,13-14,22-24H,6-9,12,15-21,25-26H2,1-4H3. The fourth-order valence-corrected chi connectivity index (χ4v) is 9.97. The highest BCUT2D eigenvalue weighted by Crippen LogP contribution is 2.42. The van der Waals surface area contributed by atoms with Crippen molar-refractivity contribution < 1.29 is 28.2 Å². The van der Waals surface area contributed by atoms with Gasteiger partial charge in [-0.3, -0.25) is 9.88 Å². The second kappa shape index (κ2) is 14.9. The molecular weight excluding hydrogens is 759 g/mol. The number of likely N-dealkylation sites (N-methyl/N-ethyl adjacent to an activating group) is 1. The van der Waals surface area contributed by atoms with E-state index in [2.05, 4.69) is 16.7 Å². The Morgan fingerprint density at radius 2 is 1.81 bits per heavy atom. The first-order valence-corrected chi connectivity index (χ1v) is 20.8. The van der Waals surface area contributed by atoms with Gasteiger partial charge in [0, 0.05) is 36.9 Å². The third-order valence-corrected chi connectivity index (χ3v) is 13.5. The van der Waals surface area contributed by atoms with E-state index in [0.717, 1.165) is 73.5 Å². The number of amides is 1. The average Bonchev–Trinajstić information content (AvgIpc) is 3.80. The fourth-order valence-electron chi connectivity index (χ4n) is 9.81. The molecule has 0 aliphatic carbocycles. The molecule has 0 N–H and O–H groups in total. The van der Waals surface area contributed by atoms with Gasteiger partial charge in [-0.15, -0.1) is 0 Å². The molecule has 0 radical (unpaired) electrons. The van der Waals surface area contributed by atoms with E-state index in [0.29, 0.717) is 65.5 Å². The summed E-state index contributed by atoms with van der Waals surface area (Å²) >= 11 is 6.42. The Kier molecular flexibility index (Phi) is 9.91. The van der Waals surface area contributed by atoms with Gasteiger partial charge in [-0.2, -0.15) is 9.97 Å². The van der Waals surface area contributed by atoms with Crippen LogP contribution in [0.4, 0.5) is 15.0 Å². The molecule has 3 aromatic carbocycles. The molecule has 1 amide bonds. The highest BCUT2D eigenvalue weighted by atomic mass is 35.5. The van der Waals surface area contributed by atoms with Crippen LogP contribution >= 0.6 is 11.6 Å². The molecule has 5 aromatic rings. The molecule has 6 bridgehead atoms. The highest BCUT2D eigenvalue weighted by Gasteiger charge is 2.45. The first kappa shape index (κ1) is 38.4. The van der Waals surface area contributed by atoms with Gasteiger partial charge in [0.1, 0.15) is 29.4 Å². The van der Waals surface area contributed by atoms with E-state index in [1.54, 1.807) is 49.3 Å². The van der Waals surface area contributed by atoms with Gasteiger partial charge in [-0.05, 0) is 131 Å². The minimum Gasteiger partial charge on any atom is -0.461 e. The summed E-state index contributed by atoms with van der Waals surface area (Å²) in [4.78, 5) is 48.2. The molecule has 1 unspecified atom stereocenters. The van der Waals surface area contributed by atoms with Crippen molar-refractivity contribution in [1.29, 1.82) is 0 Å². The summed E-state index contributed by atoms with van der Waals surface area (Å²) in [7, 11) is 1.78. The van der Waals surface area contributed by atoms with Crippen molar-refractivity contribution in [2.75, 3.05) is 51.3 Å². The predicted octanol–water partition coefficient (Wildman–Crippen LogP) is 8.85. The van der Waals surface area contributed by atoms with Crippen molar-refractivity contribution in [3.05, 3.63) is 81.8 Å². The molecule has 0 saturated carbocycles. The number of pyridine rings is 1. The zero-order chi connectivity index (χ0) is 40.3. The van der Waals surface area contributed by atoms with Crippen molar-refractivity contribution >= 4 is 51.2 Å². The number of rotatable bonds is 5. The van der Waals surface area contributed by atoms with Crippen LogP contribution in [0.2, 0.25) is 5.02 Å². The largest absolute Gasteiger partial charge is 0.461 e. The highest BCUT2D eigenvalue weighted by molar-refractivity contribution is 6.31. The number of esters is 1. The van der Waals surface area contributed by atoms with Crippen LogP contribution in [0.3, 0.4) is 0 Å². The zero-order valence-electron chi connectivity index (χ0n) is 33.5. The zero-order valence-corrected chi connectivity index (χ0v) is 34.3. The van der Waals surface area contributed by atoms with Crippen LogP contribution in [0.5, 0.6) is 11.8 Å². The number of hydrogen-bond donors (Lipinski definition) is 0. The maximum Gasteiger partial charge on any atom is 0.410 e. The first-order chi connectivity index (χ1) is 27.9. The van der Waals surface area contributed by atoms with E-state index in [-0.39, 0.29) is 35.1 Å². The molecule has 3 fully saturated rings. The molecule has 0 spiro atoms. The van der Waals surface area contributed by atoms with E-state index in [4.69, 9.17) is 40.8 Å². The lowest BCUT2D eigenvalue weighted by molar-refractivity contribution is 0.0626. The van der Waals surface area contributed by atoms with E-state index in [1.807, 2.05) is 25.1 Å². The molecule has 11 nitrogen and oxygen atoms in total. The van der Waals surface area contributed by atoms with Gasteiger partial charge in [0.05, 0.1) is 28.6 Å². The SMILES string of the molecule is Cc1ccc(Cl)c(C)c1C(=O)Oc1cc2c3c(cccc3c1)CCCOC(=O)N(C)C1(C)CCCN(C1)c1nc(OCC34CCCN3CCC4)nc3c(F)c-2ncc13. The molecule has 58 heavy (non-hydrogen) atoms. The lowest BCUT2D eigenvalue weighted by atomic mass is 9.89. The predicted molar refractivity (Wildman–Crippen MR) is 222 cm³/mol. The Balaban J connectivity index is 1.22. The quantitative estimate of drug-likeness (QED) is 0.126. The molecule has 302 valence electrons. The topological polar surface area (TPSA) is 110 Å². The number of fused-ring (bicyclic) bond motifs is 7. The fraction of sp³-hybridized carbons (Fsp3) is 0.444. The molecular formula is C45H48ClFN6O5. The van der Waals surface area contributed by atoms with E-state index >= 15 is 4.39 Å². The first-order valence-electron chi connectivity index (χ1n) is 20.4. The lowest BCUT2D eigenvalue weighted by Gasteiger charge is -2.46. The minimum atomic E-state index is -0.631. The number of anilines is 1. The number of benzene rings is 3. The number of carbonyl (C=O) groups is 2. The van der Waals surface area contributed by atoms with Crippen LogP contribution in [-0.4, -0.2) is 94.3 Å². The van der Waals surface area contributed by atoms with Crippen LogP contribution in [-0.2, 0) is 11.2 Å². The Bertz CT molecular complexity index is 2470. The Morgan fingerprint density at radius 3 is 2.62 bits per heavy atom. The van der Waals surface area contributed by atoms with Gasteiger partial charge in [0.2, 0.25) is 0 Å². The minimum absolute atomic E-state index is 0.0591. The number of hydrogen-bond acceptors (Lipinski definition) is 10. The second-order valence-corrected chi connectivity index (χ2v) is 17.2. The normalized spacial score (nSPS) is 20.8. The lowest BCUT2D eigenvalue weighted by Crippen LogP contribution is -2.57. The van der Waals surface area contributed by atoms with E-state index in [1.165, 1.54) is 0 Å². The van der Waals surface area contributed by atoms with Gasteiger partial charge in [-0.1, -0.05) is 35.9 Å². The van der Waals surface area contributed by atoms with Crippen molar-refractivity contribution in [3.63, 3.8) is 0 Å². The van der Waals surface area contributed by atoms with E-state index < -0.39 is 23.4 Å². The average molecular weight is 807 g/mol. The summed E-state index contributed by atoms with van der Waals surface area (Å²) in [6, 6.07) is 12.9. The summed E-state index contributed by atoms with van der Waals surface area (Å²) < 4.78 is 36.1. The second-order valence-electron chi connectivity index (χ2n) is 16.8. The van der Waals surface area contributed by atoms with Crippen LogP contribution in [0.25, 0.3) is 32.9 Å². The third kappa shape index (κ3) is 6.67. The van der Waals surface area contributed by atoms with Crippen LogP contribution < -0.4 is 14.4 Å². The van der Waals surface area contributed by atoms with Crippen LogP contribution in [0.15, 0.2) is 48.7 Å². The van der Waals surface area contributed by atoms with Gasteiger partial charge in [0.25, 0.3) is 0 Å². The van der Waals surface area contributed by atoms with Crippen LogP contribution in [0.1, 0.15) is 78.9 Å². The van der Waals surface area contributed by atoms with Crippen molar-refractivity contribution in [3.8, 4) is 23.0 Å². The maximum atomic E-state index is 17.7. The number of ether oxygens (including phenoxy) is 3. The third-order valence-electron chi connectivity index (χ3n) is 13.1. The molecule has 5 aliphatic rings. The van der Waals surface area contributed by atoms with Crippen molar-refractivity contribution in [2.45, 2.75) is 83.2 Å². The van der Waals surface area contributed by atoms with Gasteiger partial charge in [-0.25, -0.2) is 14.0 Å². The maximum absolute atomic E-state index is 17.7. The number of halogens is 2. The number of carbonyl (C=O) groups excluding carboxylic acids is 2. The summed E-state index contributed by atoms with van der Waals surface area (Å²) in [5.41, 5.74) is 2.54. The van der Waals surface area contributed by atoms with E-state index in [9.17, 15) is 9.59 Å². The van der Waals surface area contributed by atoms with Gasteiger partial charge < -0.3 is 24.0 Å². The summed E-state index contributed by atoms with van der Waals surface area (Å²) in [6.45, 7) is 9.45.